The fraction of sp³-hybridized carbons (Fsp3) is 0.833. The number of likely N-dealkylation sites (tertiary alicyclic amines) is 1. The van der Waals surface area contributed by atoms with E-state index in [4.69, 9.17) is 0 Å². The molecule has 4 amide bonds. The number of nitrogens with zero attached hydrogens (tertiary/aromatic N) is 3. The van der Waals surface area contributed by atoms with Crippen LogP contribution >= 0.6 is 0 Å². The third-order valence-corrected chi connectivity index (χ3v) is 6.20. The molecule has 0 radical (unpaired) electrons. The standard InChI is InChI=1S/C18H29N3O3/c1-3-14-9-5-8-12-20(14)15(22)13-21-16(23)18(19(2)17(21)24)10-6-4-7-11-18/h14H,3-13H2,1-2H3. The molecule has 6 nitrogen and oxygen atoms in total. The number of urea groups is 1. The Balaban J connectivity index is 1.73. The second-order valence-corrected chi connectivity index (χ2v) is 7.47. The van der Waals surface area contributed by atoms with Gasteiger partial charge in [-0.3, -0.25) is 14.5 Å². The fourth-order valence-corrected chi connectivity index (χ4v) is 4.65. The summed E-state index contributed by atoms with van der Waals surface area (Å²) in [6.45, 7) is 2.74. The predicted octanol–water partition coefficient (Wildman–Crippen LogP) is 2.37. The molecule has 2 saturated heterocycles. The van der Waals surface area contributed by atoms with Gasteiger partial charge in [-0.15, -0.1) is 0 Å². The van der Waals surface area contributed by atoms with Crippen LogP contribution in [0.2, 0.25) is 0 Å². The highest BCUT2D eigenvalue weighted by Gasteiger charge is 2.56. The molecule has 0 aromatic heterocycles. The average Bonchev–Trinajstić information content (AvgIpc) is 2.78. The second kappa shape index (κ2) is 6.73. The van der Waals surface area contributed by atoms with Crippen LogP contribution in [0.25, 0.3) is 0 Å². The monoisotopic (exact) mass is 335 g/mol. The highest BCUT2D eigenvalue weighted by Crippen LogP contribution is 2.39. The molecular formula is C18H29N3O3. The molecule has 6 heteroatoms. The third kappa shape index (κ3) is 2.70. The van der Waals surface area contributed by atoms with Crippen LogP contribution in [-0.2, 0) is 9.59 Å². The number of hydrogen-bond donors (Lipinski definition) is 0. The van der Waals surface area contributed by atoms with E-state index in [1.54, 1.807) is 11.9 Å². The van der Waals surface area contributed by atoms with Crippen LogP contribution in [0.5, 0.6) is 0 Å². The minimum Gasteiger partial charge on any atom is -0.338 e. The van der Waals surface area contributed by atoms with Crippen molar-refractivity contribution in [3.8, 4) is 0 Å². The summed E-state index contributed by atoms with van der Waals surface area (Å²) in [7, 11) is 1.71. The van der Waals surface area contributed by atoms with E-state index >= 15 is 0 Å². The predicted molar refractivity (Wildman–Crippen MR) is 90.3 cm³/mol. The summed E-state index contributed by atoms with van der Waals surface area (Å²) in [4.78, 5) is 43.0. The Kier molecular flexibility index (Phi) is 4.83. The minimum absolute atomic E-state index is 0.0792. The van der Waals surface area contributed by atoms with E-state index in [9.17, 15) is 14.4 Å². The Labute approximate surface area is 144 Å². The molecule has 1 saturated carbocycles. The van der Waals surface area contributed by atoms with Crippen LogP contribution < -0.4 is 0 Å². The quantitative estimate of drug-likeness (QED) is 0.744. The normalized spacial score (nSPS) is 27.2. The number of piperidine rings is 1. The van der Waals surface area contributed by atoms with E-state index in [0.717, 1.165) is 64.3 Å². The Morgan fingerprint density at radius 3 is 2.50 bits per heavy atom. The smallest absolute Gasteiger partial charge is 0.327 e. The zero-order valence-corrected chi connectivity index (χ0v) is 14.9. The van der Waals surface area contributed by atoms with E-state index in [1.807, 2.05) is 4.90 Å². The van der Waals surface area contributed by atoms with Gasteiger partial charge >= 0.3 is 6.03 Å². The fourth-order valence-electron chi connectivity index (χ4n) is 4.65. The lowest BCUT2D eigenvalue weighted by atomic mass is 9.81. The lowest BCUT2D eigenvalue weighted by Crippen LogP contribution is -2.51. The van der Waals surface area contributed by atoms with Gasteiger partial charge in [0.25, 0.3) is 5.91 Å². The molecule has 24 heavy (non-hydrogen) atoms. The first-order valence-corrected chi connectivity index (χ1v) is 9.40. The summed E-state index contributed by atoms with van der Waals surface area (Å²) < 4.78 is 0. The average molecular weight is 335 g/mol. The molecule has 0 aromatic rings. The molecule has 0 N–H and O–H groups in total. The van der Waals surface area contributed by atoms with Gasteiger partial charge in [-0.2, -0.15) is 0 Å². The molecule has 3 aliphatic rings. The molecule has 2 heterocycles. The minimum atomic E-state index is -0.693. The van der Waals surface area contributed by atoms with Gasteiger partial charge < -0.3 is 9.80 Å². The van der Waals surface area contributed by atoms with Gasteiger partial charge in [0.15, 0.2) is 0 Å². The zero-order chi connectivity index (χ0) is 17.3. The molecule has 3 fully saturated rings. The van der Waals surface area contributed by atoms with Crippen molar-refractivity contribution in [3.63, 3.8) is 0 Å². The van der Waals surface area contributed by atoms with Gasteiger partial charge in [-0.1, -0.05) is 26.2 Å². The Bertz CT molecular complexity index is 528. The van der Waals surface area contributed by atoms with E-state index in [2.05, 4.69) is 6.92 Å². The maximum absolute atomic E-state index is 13.0. The summed E-state index contributed by atoms with van der Waals surface area (Å²) in [5.74, 6) is -0.238. The number of carbonyl (C=O) groups is 3. The van der Waals surface area contributed by atoms with Crippen LogP contribution in [-0.4, -0.2) is 64.3 Å². The SMILES string of the molecule is CCC1CCCCN1C(=O)CN1C(=O)N(C)C2(CCCCC2)C1=O. The summed E-state index contributed by atoms with van der Waals surface area (Å²) >= 11 is 0. The third-order valence-electron chi connectivity index (χ3n) is 6.20. The molecule has 1 aliphatic carbocycles. The van der Waals surface area contributed by atoms with Gasteiger partial charge in [0, 0.05) is 19.6 Å². The molecule has 1 unspecified atom stereocenters. The number of hydrogen-bond acceptors (Lipinski definition) is 3. The highest BCUT2D eigenvalue weighted by molar-refractivity contribution is 6.08. The van der Waals surface area contributed by atoms with Gasteiger partial charge in [0.2, 0.25) is 5.91 Å². The topological polar surface area (TPSA) is 60.9 Å². The molecule has 0 bridgehead atoms. The van der Waals surface area contributed by atoms with Crippen molar-refractivity contribution in [3.05, 3.63) is 0 Å². The molecule has 2 aliphatic heterocycles. The maximum atomic E-state index is 13.0. The highest BCUT2D eigenvalue weighted by atomic mass is 16.2. The summed E-state index contributed by atoms with van der Waals surface area (Å²) in [5, 5.41) is 0. The number of carbonyl (C=O) groups excluding carboxylic acids is 3. The van der Waals surface area contributed by atoms with Gasteiger partial charge in [0.05, 0.1) is 0 Å². The maximum Gasteiger partial charge on any atom is 0.327 e. The van der Waals surface area contributed by atoms with Gasteiger partial charge in [-0.05, 0) is 38.5 Å². The van der Waals surface area contributed by atoms with Crippen LogP contribution in [0.15, 0.2) is 0 Å². The number of rotatable bonds is 3. The Morgan fingerprint density at radius 1 is 1.12 bits per heavy atom. The first-order chi connectivity index (χ1) is 11.5. The lowest BCUT2D eigenvalue weighted by Gasteiger charge is -2.36. The van der Waals surface area contributed by atoms with E-state index in [1.165, 1.54) is 4.90 Å². The second-order valence-electron chi connectivity index (χ2n) is 7.47. The number of imide groups is 1. The molecule has 134 valence electrons. The van der Waals surface area contributed by atoms with Crippen LogP contribution in [0.3, 0.4) is 0 Å². The molecular weight excluding hydrogens is 306 g/mol. The van der Waals surface area contributed by atoms with E-state index < -0.39 is 5.54 Å². The summed E-state index contributed by atoms with van der Waals surface area (Å²) in [5.41, 5.74) is -0.693. The molecule has 0 aromatic carbocycles. The van der Waals surface area contributed by atoms with Crippen molar-refractivity contribution >= 4 is 17.8 Å². The molecule has 3 rings (SSSR count). The van der Waals surface area contributed by atoms with Crippen LogP contribution in [0, 0.1) is 0 Å². The van der Waals surface area contributed by atoms with Crippen molar-refractivity contribution < 1.29 is 14.4 Å². The van der Waals surface area contributed by atoms with Crippen LogP contribution in [0.1, 0.15) is 64.7 Å². The largest absolute Gasteiger partial charge is 0.338 e. The van der Waals surface area contributed by atoms with Crippen molar-refractivity contribution in [2.24, 2.45) is 0 Å². The first-order valence-electron chi connectivity index (χ1n) is 9.40. The van der Waals surface area contributed by atoms with Crippen molar-refractivity contribution in [1.82, 2.24) is 14.7 Å². The van der Waals surface area contributed by atoms with Crippen molar-refractivity contribution in [2.45, 2.75) is 76.3 Å². The van der Waals surface area contributed by atoms with E-state index in [0.29, 0.717) is 0 Å². The Morgan fingerprint density at radius 2 is 1.83 bits per heavy atom. The Hall–Kier alpha value is -1.59. The van der Waals surface area contributed by atoms with E-state index in [-0.39, 0.29) is 30.4 Å². The molecule has 1 atom stereocenters. The first kappa shape index (κ1) is 17.2. The molecule has 1 spiro atoms. The zero-order valence-electron chi connectivity index (χ0n) is 14.9. The summed E-state index contributed by atoms with van der Waals surface area (Å²) in [6, 6.07) is -0.0549. The number of amides is 4. The van der Waals surface area contributed by atoms with Crippen molar-refractivity contribution in [1.29, 1.82) is 0 Å². The number of likely N-dealkylation sites (N-methyl/N-ethyl adjacent to an activating group) is 1. The lowest BCUT2D eigenvalue weighted by molar-refractivity contribution is -0.142. The summed E-state index contributed by atoms with van der Waals surface area (Å²) in [6.07, 6.45) is 8.60. The van der Waals surface area contributed by atoms with Crippen molar-refractivity contribution in [2.75, 3.05) is 20.1 Å². The van der Waals surface area contributed by atoms with Crippen LogP contribution in [0.4, 0.5) is 4.79 Å². The van der Waals surface area contributed by atoms with Gasteiger partial charge in [-0.25, -0.2) is 4.79 Å². The van der Waals surface area contributed by atoms with Gasteiger partial charge in [0.1, 0.15) is 12.1 Å².